The van der Waals surface area contributed by atoms with Gasteiger partial charge >= 0.3 is 0 Å². The second kappa shape index (κ2) is 9.16. The van der Waals surface area contributed by atoms with Crippen molar-refractivity contribution in [3.8, 4) is 17.2 Å². The zero-order valence-electron chi connectivity index (χ0n) is 15.8. The van der Waals surface area contributed by atoms with Crippen LogP contribution >= 0.6 is 11.8 Å². The zero-order chi connectivity index (χ0) is 20.8. The minimum atomic E-state index is -0.593. The number of ether oxygens (including phenoxy) is 3. The van der Waals surface area contributed by atoms with Crippen molar-refractivity contribution in [2.45, 2.75) is 0 Å². The van der Waals surface area contributed by atoms with Gasteiger partial charge in [0, 0.05) is 6.07 Å². The van der Waals surface area contributed by atoms with E-state index in [1.54, 1.807) is 37.5 Å². The van der Waals surface area contributed by atoms with Crippen molar-refractivity contribution in [1.29, 1.82) is 0 Å². The van der Waals surface area contributed by atoms with Gasteiger partial charge in [0.15, 0.2) is 18.1 Å². The molecule has 0 unspecified atom stereocenters. The maximum atomic E-state index is 11.9. The third-order valence-corrected chi connectivity index (χ3v) is 4.62. The summed E-state index contributed by atoms with van der Waals surface area (Å²) in [5, 5.41) is 2.51. The molecule has 2 aromatic carbocycles. The van der Waals surface area contributed by atoms with Gasteiger partial charge in [-0.05, 0) is 47.7 Å². The Balaban J connectivity index is 1.92. The van der Waals surface area contributed by atoms with E-state index in [1.165, 1.54) is 7.11 Å². The zero-order valence-corrected chi connectivity index (χ0v) is 16.6. The molecule has 1 aliphatic rings. The summed E-state index contributed by atoms with van der Waals surface area (Å²) < 4.78 is 15.8. The third kappa shape index (κ3) is 5.29. The highest BCUT2D eigenvalue weighted by atomic mass is 32.2. The van der Waals surface area contributed by atoms with E-state index >= 15 is 0 Å². The molecular formula is C20H19N3O5S. The molecule has 1 heterocycles. The van der Waals surface area contributed by atoms with Crippen molar-refractivity contribution in [3.63, 3.8) is 0 Å². The first kappa shape index (κ1) is 20.3. The number of rotatable bonds is 7. The standard InChI is InChI=1S/C20H19N3O5S/c1-26-14-5-3-4-13(10-14)22-19-17(29-20(25)23-19)9-12-6-7-15(27-2)16(8-12)28-11-18(21)24/h3-10H,11H2,1-2H3,(H2,21,24)(H,22,23,25)/b17-9-. The Morgan fingerprint density at radius 3 is 2.72 bits per heavy atom. The van der Waals surface area contributed by atoms with E-state index in [4.69, 9.17) is 19.9 Å². The van der Waals surface area contributed by atoms with E-state index in [9.17, 15) is 9.59 Å². The van der Waals surface area contributed by atoms with Crippen LogP contribution in [0.1, 0.15) is 5.56 Å². The quantitative estimate of drug-likeness (QED) is 0.721. The molecule has 1 fully saturated rings. The fraction of sp³-hybridized carbons (Fsp3) is 0.150. The number of amidine groups is 1. The van der Waals surface area contributed by atoms with Gasteiger partial charge in [-0.15, -0.1) is 0 Å². The van der Waals surface area contributed by atoms with Crippen LogP contribution in [0.15, 0.2) is 52.4 Å². The summed E-state index contributed by atoms with van der Waals surface area (Å²) in [6.07, 6.45) is 1.79. The molecule has 3 rings (SSSR count). The normalized spacial score (nSPS) is 16.0. The molecule has 0 atom stereocenters. The summed E-state index contributed by atoms with van der Waals surface area (Å²) >= 11 is 1.03. The molecule has 0 radical (unpaired) electrons. The number of methoxy groups -OCH3 is 2. The topological polar surface area (TPSA) is 112 Å². The number of nitrogens with two attached hydrogens (primary N) is 1. The van der Waals surface area contributed by atoms with Gasteiger partial charge in [0.2, 0.25) is 0 Å². The van der Waals surface area contributed by atoms with Gasteiger partial charge in [-0.3, -0.25) is 9.59 Å². The number of hydrogen-bond donors (Lipinski definition) is 2. The Labute approximate surface area is 171 Å². The molecule has 1 saturated heterocycles. The number of primary amides is 1. The van der Waals surface area contributed by atoms with Crippen molar-refractivity contribution in [2.75, 3.05) is 20.8 Å². The number of hydrogen-bond acceptors (Lipinski definition) is 7. The van der Waals surface area contributed by atoms with Crippen LogP contribution in [0.3, 0.4) is 0 Å². The van der Waals surface area contributed by atoms with Crippen molar-refractivity contribution >= 4 is 40.5 Å². The van der Waals surface area contributed by atoms with Gasteiger partial charge in [0.25, 0.3) is 11.1 Å². The summed E-state index contributed by atoms with van der Waals surface area (Å²) in [7, 11) is 3.07. The van der Waals surface area contributed by atoms with Crippen LogP contribution in [0.2, 0.25) is 0 Å². The molecule has 1 aliphatic heterocycles. The number of carbonyl (C=O) groups is 2. The molecule has 3 N–H and O–H groups in total. The van der Waals surface area contributed by atoms with Gasteiger partial charge in [0.1, 0.15) is 11.6 Å². The minimum Gasteiger partial charge on any atom is -0.497 e. The van der Waals surface area contributed by atoms with Crippen molar-refractivity contribution in [1.82, 2.24) is 5.32 Å². The number of carbonyl (C=O) groups excluding carboxylic acids is 2. The Kier molecular flexibility index (Phi) is 6.40. The molecule has 0 aliphatic carbocycles. The van der Waals surface area contributed by atoms with E-state index in [2.05, 4.69) is 10.3 Å². The highest BCUT2D eigenvalue weighted by Crippen LogP contribution is 2.33. The van der Waals surface area contributed by atoms with Gasteiger partial charge in [-0.25, -0.2) is 4.99 Å². The monoisotopic (exact) mass is 413 g/mol. The Morgan fingerprint density at radius 2 is 2.00 bits per heavy atom. The highest BCUT2D eigenvalue weighted by Gasteiger charge is 2.23. The summed E-state index contributed by atoms with van der Waals surface area (Å²) in [5.74, 6) is 1.34. The largest absolute Gasteiger partial charge is 0.497 e. The summed E-state index contributed by atoms with van der Waals surface area (Å²) in [5.41, 5.74) is 6.52. The van der Waals surface area contributed by atoms with Crippen molar-refractivity contribution in [2.24, 2.45) is 10.7 Å². The minimum absolute atomic E-state index is 0.225. The predicted octanol–water partition coefficient (Wildman–Crippen LogP) is 3.10. The van der Waals surface area contributed by atoms with Crippen LogP contribution in [0, 0.1) is 0 Å². The Bertz CT molecular complexity index is 1000. The lowest BCUT2D eigenvalue weighted by atomic mass is 10.2. The second-order valence-electron chi connectivity index (χ2n) is 5.85. The second-order valence-corrected chi connectivity index (χ2v) is 6.87. The number of thioether (sulfide) groups is 1. The first-order valence-electron chi connectivity index (χ1n) is 8.51. The van der Waals surface area contributed by atoms with Crippen LogP contribution in [0.5, 0.6) is 17.2 Å². The average molecular weight is 413 g/mol. The molecule has 0 bridgehead atoms. The number of benzene rings is 2. The van der Waals surface area contributed by atoms with Crippen LogP contribution in [0.25, 0.3) is 6.08 Å². The van der Waals surface area contributed by atoms with Crippen molar-refractivity contribution in [3.05, 3.63) is 52.9 Å². The molecule has 0 spiro atoms. The first-order valence-corrected chi connectivity index (χ1v) is 9.33. The maximum absolute atomic E-state index is 11.9. The molecule has 2 amide bonds. The number of nitrogens with zero attached hydrogens (tertiary/aromatic N) is 1. The van der Waals surface area contributed by atoms with Crippen molar-refractivity contribution < 1.29 is 23.8 Å². The van der Waals surface area contributed by atoms with Gasteiger partial charge in [-0.2, -0.15) is 0 Å². The fourth-order valence-electron chi connectivity index (χ4n) is 2.52. The summed E-state index contributed by atoms with van der Waals surface area (Å²) in [6, 6.07) is 12.4. The van der Waals surface area contributed by atoms with Gasteiger partial charge in [-0.1, -0.05) is 12.1 Å². The Hall–Kier alpha value is -3.46. The lowest BCUT2D eigenvalue weighted by Crippen LogP contribution is -2.20. The van der Waals surface area contributed by atoms with Gasteiger partial charge < -0.3 is 25.3 Å². The first-order chi connectivity index (χ1) is 14.0. The fourth-order valence-corrected chi connectivity index (χ4v) is 3.25. The average Bonchev–Trinajstić information content (AvgIpc) is 3.05. The van der Waals surface area contributed by atoms with E-state index < -0.39 is 5.91 Å². The summed E-state index contributed by atoms with van der Waals surface area (Å²) in [6.45, 7) is -0.270. The molecule has 9 heteroatoms. The Morgan fingerprint density at radius 1 is 1.17 bits per heavy atom. The number of aliphatic imine (C=N–C) groups is 1. The number of nitrogens with one attached hydrogen (secondary N) is 1. The van der Waals surface area contributed by atoms with Crippen LogP contribution in [-0.2, 0) is 4.79 Å². The lowest BCUT2D eigenvalue weighted by Gasteiger charge is -2.10. The maximum Gasteiger partial charge on any atom is 0.289 e. The van der Waals surface area contributed by atoms with E-state index in [0.717, 1.165) is 17.3 Å². The summed E-state index contributed by atoms with van der Waals surface area (Å²) in [4.78, 5) is 28.1. The molecule has 0 saturated carbocycles. The van der Waals surface area contributed by atoms with E-state index in [1.807, 2.05) is 18.2 Å². The molecule has 29 heavy (non-hydrogen) atoms. The van der Waals surface area contributed by atoms with Gasteiger partial charge in [0.05, 0.1) is 24.8 Å². The van der Waals surface area contributed by atoms with Crippen LogP contribution < -0.4 is 25.3 Å². The SMILES string of the molecule is COc1cccc(N=C2NC(=O)S/C2=C\c2ccc(OC)c(OCC(N)=O)c2)c1. The predicted molar refractivity (Wildman–Crippen MR) is 112 cm³/mol. The van der Waals surface area contributed by atoms with E-state index in [-0.39, 0.29) is 11.8 Å². The highest BCUT2D eigenvalue weighted by molar-refractivity contribution is 8.18. The third-order valence-electron chi connectivity index (χ3n) is 3.81. The molecular weight excluding hydrogens is 394 g/mol. The van der Waals surface area contributed by atoms with Crippen LogP contribution in [-0.4, -0.2) is 37.8 Å². The molecule has 2 aromatic rings. The molecule has 150 valence electrons. The lowest BCUT2D eigenvalue weighted by molar-refractivity contribution is -0.119. The molecule has 0 aromatic heterocycles. The molecule has 8 nitrogen and oxygen atoms in total. The smallest absolute Gasteiger partial charge is 0.289 e. The van der Waals surface area contributed by atoms with Crippen LogP contribution in [0.4, 0.5) is 10.5 Å². The number of amides is 2. The van der Waals surface area contributed by atoms with E-state index in [0.29, 0.717) is 33.7 Å².